The van der Waals surface area contributed by atoms with Gasteiger partial charge >= 0.3 is 0 Å². The number of hydrogen-bond acceptors (Lipinski definition) is 2. The van der Waals surface area contributed by atoms with Crippen LogP contribution >= 0.6 is 0 Å². The standard InChI is InChI=1S/C15H25NO/c1-11(2)14-9-12(3)10-15(13(14)4)16-5-7-17-8-6-16/h10-12H,5-9H2,1-4H3. The highest BCUT2D eigenvalue weighted by molar-refractivity contribution is 5.38. The lowest BCUT2D eigenvalue weighted by Gasteiger charge is -2.36. The SMILES string of the molecule is CC1=C(C(C)C)CC(C)C=C1N1CCOCC1. The van der Waals surface area contributed by atoms with E-state index >= 15 is 0 Å². The fraction of sp³-hybridized carbons (Fsp3) is 0.733. The lowest BCUT2D eigenvalue weighted by Crippen LogP contribution is -2.37. The minimum Gasteiger partial charge on any atom is -0.378 e. The fourth-order valence-corrected chi connectivity index (χ4v) is 2.93. The van der Waals surface area contributed by atoms with Crippen molar-refractivity contribution in [2.75, 3.05) is 26.3 Å². The van der Waals surface area contributed by atoms with Crippen LogP contribution in [0.25, 0.3) is 0 Å². The van der Waals surface area contributed by atoms with Gasteiger partial charge in [-0.25, -0.2) is 0 Å². The summed E-state index contributed by atoms with van der Waals surface area (Å²) in [6.07, 6.45) is 3.68. The van der Waals surface area contributed by atoms with Gasteiger partial charge in [-0.2, -0.15) is 0 Å². The van der Waals surface area contributed by atoms with Gasteiger partial charge < -0.3 is 9.64 Å². The highest BCUT2D eigenvalue weighted by Crippen LogP contribution is 2.34. The van der Waals surface area contributed by atoms with E-state index in [1.165, 1.54) is 17.7 Å². The van der Waals surface area contributed by atoms with Gasteiger partial charge in [-0.1, -0.05) is 32.4 Å². The van der Waals surface area contributed by atoms with Gasteiger partial charge in [0, 0.05) is 18.8 Å². The molecule has 1 fully saturated rings. The molecule has 0 saturated carbocycles. The molecule has 1 saturated heterocycles. The predicted octanol–water partition coefficient (Wildman–Crippen LogP) is 3.21. The van der Waals surface area contributed by atoms with E-state index in [9.17, 15) is 0 Å². The molecule has 2 nitrogen and oxygen atoms in total. The molecule has 0 N–H and O–H groups in total. The van der Waals surface area contributed by atoms with Crippen LogP contribution in [-0.4, -0.2) is 31.2 Å². The summed E-state index contributed by atoms with van der Waals surface area (Å²) in [6.45, 7) is 13.1. The molecule has 1 atom stereocenters. The van der Waals surface area contributed by atoms with Crippen LogP contribution in [0.1, 0.15) is 34.1 Å². The second-order valence-corrected chi connectivity index (χ2v) is 5.64. The fourth-order valence-electron chi connectivity index (χ4n) is 2.93. The Labute approximate surface area is 105 Å². The molecule has 0 bridgehead atoms. The summed E-state index contributed by atoms with van der Waals surface area (Å²) in [5, 5.41) is 0. The molecular formula is C15H25NO. The number of ether oxygens (including phenoxy) is 1. The lowest BCUT2D eigenvalue weighted by atomic mass is 9.83. The van der Waals surface area contributed by atoms with Crippen molar-refractivity contribution in [3.8, 4) is 0 Å². The largest absolute Gasteiger partial charge is 0.378 e. The Bertz CT molecular complexity index is 335. The zero-order chi connectivity index (χ0) is 12.4. The number of hydrogen-bond donors (Lipinski definition) is 0. The van der Waals surface area contributed by atoms with E-state index < -0.39 is 0 Å². The summed E-state index contributed by atoms with van der Waals surface area (Å²) < 4.78 is 5.44. The molecule has 1 heterocycles. The van der Waals surface area contributed by atoms with E-state index in [1.807, 2.05) is 0 Å². The van der Waals surface area contributed by atoms with Gasteiger partial charge in [-0.15, -0.1) is 0 Å². The maximum atomic E-state index is 5.44. The second kappa shape index (κ2) is 5.26. The molecule has 2 rings (SSSR count). The van der Waals surface area contributed by atoms with Crippen molar-refractivity contribution in [1.29, 1.82) is 0 Å². The van der Waals surface area contributed by atoms with Crippen LogP contribution in [0.4, 0.5) is 0 Å². The van der Waals surface area contributed by atoms with E-state index in [1.54, 1.807) is 5.57 Å². The van der Waals surface area contributed by atoms with E-state index in [0.717, 1.165) is 26.3 Å². The molecule has 0 radical (unpaired) electrons. The van der Waals surface area contributed by atoms with E-state index in [0.29, 0.717) is 11.8 Å². The second-order valence-electron chi connectivity index (χ2n) is 5.64. The number of rotatable bonds is 2. The Morgan fingerprint density at radius 2 is 1.94 bits per heavy atom. The summed E-state index contributed by atoms with van der Waals surface area (Å²) in [4.78, 5) is 2.50. The molecule has 0 aromatic heterocycles. The smallest absolute Gasteiger partial charge is 0.0642 e. The molecule has 1 aliphatic carbocycles. The third-order valence-corrected chi connectivity index (χ3v) is 3.90. The van der Waals surface area contributed by atoms with E-state index in [-0.39, 0.29) is 0 Å². The molecule has 0 aromatic rings. The van der Waals surface area contributed by atoms with Crippen molar-refractivity contribution in [3.63, 3.8) is 0 Å². The normalized spacial score (nSPS) is 26.5. The first kappa shape index (κ1) is 12.7. The van der Waals surface area contributed by atoms with Crippen molar-refractivity contribution in [1.82, 2.24) is 4.90 Å². The molecule has 0 aromatic carbocycles. The van der Waals surface area contributed by atoms with Gasteiger partial charge in [-0.3, -0.25) is 0 Å². The summed E-state index contributed by atoms with van der Waals surface area (Å²) in [7, 11) is 0. The van der Waals surface area contributed by atoms with Crippen LogP contribution in [0.15, 0.2) is 22.9 Å². The number of allylic oxidation sites excluding steroid dienone is 3. The van der Waals surface area contributed by atoms with Crippen LogP contribution in [-0.2, 0) is 4.74 Å². The van der Waals surface area contributed by atoms with Crippen molar-refractivity contribution < 1.29 is 4.74 Å². The highest BCUT2D eigenvalue weighted by atomic mass is 16.5. The van der Waals surface area contributed by atoms with Gasteiger partial charge in [0.1, 0.15) is 0 Å². The summed E-state index contributed by atoms with van der Waals surface area (Å²) in [5.41, 5.74) is 4.62. The summed E-state index contributed by atoms with van der Waals surface area (Å²) in [6, 6.07) is 0. The first-order valence-corrected chi connectivity index (χ1v) is 6.84. The number of morpholine rings is 1. The maximum absolute atomic E-state index is 5.44. The average molecular weight is 235 g/mol. The Balaban J connectivity index is 2.24. The zero-order valence-electron chi connectivity index (χ0n) is 11.6. The third-order valence-electron chi connectivity index (χ3n) is 3.90. The maximum Gasteiger partial charge on any atom is 0.0642 e. The topological polar surface area (TPSA) is 12.5 Å². The quantitative estimate of drug-likeness (QED) is 0.728. The Hall–Kier alpha value is -0.760. The highest BCUT2D eigenvalue weighted by Gasteiger charge is 2.23. The minimum atomic E-state index is 0.669. The molecule has 0 spiro atoms. The molecule has 0 amide bonds. The molecule has 1 aliphatic heterocycles. The van der Waals surface area contributed by atoms with Crippen molar-refractivity contribution in [2.24, 2.45) is 11.8 Å². The Kier molecular flexibility index (Phi) is 3.93. The molecule has 17 heavy (non-hydrogen) atoms. The third kappa shape index (κ3) is 2.74. The monoisotopic (exact) mass is 235 g/mol. The molecule has 2 heteroatoms. The molecule has 1 unspecified atom stereocenters. The van der Waals surface area contributed by atoms with Gasteiger partial charge in [0.15, 0.2) is 0 Å². The van der Waals surface area contributed by atoms with E-state index in [4.69, 9.17) is 4.74 Å². The minimum absolute atomic E-state index is 0.669. The van der Waals surface area contributed by atoms with Gasteiger partial charge in [-0.05, 0) is 30.8 Å². The van der Waals surface area contributed by atoms with Crippen molar-refractivity contribution >= 4 is 0 Å². The van der Waals surface area contributed by atoms with Crippen LogP contribution in [0.3, 0.4) is 0 Å². The predicted molar refractivity (Wildman–Crippen MR) is 71.8 cm³/mol. The van der Waals surface area contributed by atoms with Crippen molar-refractivity contribution in [3.05, 3.63) is 22.9 Å². The first-order chi connectivity index (χ1) is 8.09. The zero-order valence-corrected chi connectivity index (χ0v) is 11.6. The molecule has 2 aliphatic rings. The van der Waals surface area contributed by atoms with Crippen LogP contribution < -0.4 is 0 Å². The lowest BCUT2D eigenvalue weighted by molar-refractivity contribution is 0.0541. The Morgan fingerprint density at radius 3 is 2.53 bits per heavy atom. The molecule has 96 valence electrons. The van der Waals surface area contributed by atoms with Gasteiger partial charge in [0.05, 0.1) is 13.2 Å². The van der Waals surface area contributed by atoms with Gasteiger partial charge in [0.2, 0.25) is 0 Å². The average Bonchev–Trinajstić information content (AvgIpc) is 2.32. The van der Waals surface area contributed by atoms with Crippen LogP contribution in [0.2, 0.25) is 0 Å². The van der Waals surface area contributed by atoms with Crippen LogP contribution in [0.5, 0.6) is 0 Å². The first-order valence-electron chi connectivity index (χ1n) is 6.84. The van der Waals surface area contributed by atoms with Crippen molar-refractivity contribution in [2.45, 2.75) is 34.1 Å². The van der Waals surface area contributed by atoms with Gasteiger partial charge in [0.25, 0.3) is 0 Å². The Morgan fingerprint density at radius 1 is 1.29 bits per heavy atom. The summed E-state index contributed by atoms with van der Waals surface area (Å²) >= 11 is 0. The van der Waals surface area contributed by atoms with Crippen LogP contribution in [0, 0.1) is 11.8 Å². The van der Waals surface area contributed by atoms with E-state index in [2.05, 4.69) is 38.7 Å². The number of nitrogens with zero attached hydrogens (tertiary/aromatic N) is 1. The summed E-state index contributed by atoms with van der Waals surface area (Å²) in [5.74, 6) is 1.34. The molecular weight excluding hydrogens is 210 g/mol.